The van der Waals surface area contributed by atoms with Crippen LogP contribution < -0.4 is 24.4 Å². The van der Waals surface area contributed by atoms with E-state index in [-0.39, 0.29) is 11.7 Å². The summed E-state index contributed by atoms with van der Waals surface area (Å²) in [5.41, 5.74) is 3.07. The highest BCUT2D eigenvalue weighted by Crippen LogP contribution is 2.32. The van der Waals surface area contributed by atoms with Crippen molar-refractivity contribution in [2.45, 2.75) is 46.4 Å². The van der Waals surface area contributed by atoms with Crippen molar-refractivity contribution in [2.24, 2.45) is 4.99 Å². The molecule has 0 fully saturated rings. The minimum Gasteiger partial charge on any atom is -0.494 e. The Kier molecular flexibility index (Phi) is 8.94. The van der Waals surface area contributed by atoms with Crippen LogP contribution in [0.25, 0.3) is 6.08 Å². The van der Waals surface area contributed by atoms with Crippen LogP contribution in [0.5, 0.6) is 11.5 Å². The molecule has 7 nitrogen and oxygen atoms in total. The molecule has 1 aromatic heterocycles. The molecule has 9 heteroatoms. The minimum absolute atomic E-state index is 0.257. The average Bonchev–Trinajstić information content (AvgIpc) is 3.27. The number of aromatic nitrogens is 1. The molecule has 4 aromatic rings. The SMILES string of the molecule is CCOc1ccc([C@@H]2C(C(=O)OC(C)C)=C(C)N=c3s/c(=C/c4ccccc4OCc4ccc(Cl)cc4)c(=O)n32)cc1. The van der Waals surface area contributed by atoms with E-state index in [4.69, 9.17) is 25.8 Å². The lowest BCUT2D eigenvalue weighted by Crippen LogP contribution is -2.40. The summed E-state index contributed by atoms with van der Waals surface area (Å²) in [5.74, 6) is 0.843. The Morgan fingerprint density at radius 1 is 1.05 bits per heavy atom. The van der Waals surface area contributed by atoms with E-state index < -0.39 is 12.0 Å². The fraction of sp³-hybridized carbons (Fsp3) is 0.242. The highest BCUT2D eigenvalue weighted by molar-refractivity contribution is 7.07. The van der Waals surface area contributed by atoms with Crippen LogP contribution in [0.1, 0.15) is 50.4 Å². The number of para-hydroxylation sites is 1. The lowest BCUT2D eigenvalue weighted by molar-refractivity contribution is -0.143. The molecule has 5 rings (SSSR count). The van der Waals surface area contributed by atoms with E-state index in [9.17, 15) is 9.59 Å². The van der Waals surface area contributed by atoms with Gasteiger partial charge in [0.1, 0.15) is 18.1 Å². The summed E-state index contributed by atoms with van der Waals surface area (Å²) in [6.45, 7) is 8.16. The van der Waals surface area contributed by atoms with Gasteiger partial charge in [-0.15, -0.1) is 0 Å². The quantitative estimate of drug-likeness (QED) is 0.226. The monoisotopic (exact) mass is 602 g/mol. The van der Waals surface area contributed by atoms with Gasteiger partial charge in [-0.1, -0.05) is 65.4 Å². The second kappa shape index (κ2) is 12.8. The Morgan fingerprint density at radius 2 is 1.76 bits per heavy atom. The molecule has 0 saturated carbocycles. The summed E-state index contributed by atoms with van der Waals surface area (Å²) in [5, 5.41) is 0.661. The van der Waals surface area contributed by atoms with Crippen LogP contribution >= 0.6 is 22.9 Å². The summed E-state index contributed by atoms with van der Waals surface area (Å²) >= 11 is 7.28. The molecule has 216 valence electrons. The van der Waals surface area contributed by atoms with E-state index in [1.807, 2.05) is 85.8 Å². The number of thiazole rings is 1. The number of hydrogen-bond donors (Lipinski definition) is 0. The zero-order chi connectivity index (χ0) is 29.8. The average molecular weight is 603 g/mol. The van der Waals surface area contributed by atoms with Crippen molar-refractivity contribution in [1.29, 1.82) is 0 Å². The van der Waals surface area contributed by atoms with E-state index >= 15 is 0 Å². The zero-order valence-corrected chi connectivity index (χ0v) is 25.4. The van der Waals surface area contributed by atoms with Gasteiger partial charge in [0, 0.05) is 10.6 Å². The van der Waals surface area contributed by atoms with Gasteiger partial charge in [-0.25, -0.2) is 9.79 Å². The molecular formula is C33H31ClN2O5S. The maximum Gasteiger partial charge on any atom is 0.338 e. The van der Waals surface area contributed by atoms with Crippen LogP contribution in [0.4, 0.5) is 0 Å². The van der Waals surface area contributed by atoms with Crippen molar-refractivity contribution >= 4 is 35.0 Å². The van der Waals surface area contributed by atoms with Crippen molar-refractivity contribution in [3.63, 3.8) is 0 Å². The number of ether oxygens (including phenoxy) is 3. The largest absolute Gasteiger partial charge is 0.494 e. The summed E-state index contributed by atoms with van der Waals surface area (Å²) in [6.07, 6.45) is 1.48. The van der Waals surface area contributed by atoms with Gasteiger partial charge in [-0.05, 0) is 75.2 Å². The molecule has 2 heterocycles. The van der Waals surface area contributed by atoms with Crippen molar-refractivity contribution in [1.82, 2.24) is 4.57 Å². The van der Waals surface area contributed by atoms with Crippen LogP contribution in [0, 0.1) is 0 Å². The first kappa shape index (κ1) is 29.4. The van der Waals surface area contributed by atoms with E-state index in [1.165, 1.54) is 11.3 Å². The third-order valence-electron chi connectivity index (χ3n) is 6.60. The lowest BCUT2D eigenvalue weighted by Gasteiger charge is -2.25. The standard InChI is InChI=1S/C33H31ClN2O5S/c1-5-39-26-16-12-23(13-17-26)30-29(32(38)41-20(2)3)21(4)35-33-36(30)31(37)28(42-33)18-24-8-6-7-9-27(24)40-19-22-10-14-25(34)15-11-22/h6-18,20,30H,5,19H2,1-4H3/b28-18+/t30-/m1/s1. The number of hydrogen-bond acceptors (Lipinski definition) is 7. The van der Waals surface area contributed by atoms with Gasteiger partial charge in [0.05, 0.1) is 34.6 Å². The normalized spacial score (nSPS) is 14.9. The summed E-state index contributed by atoms with van der Waals surface area (Å²) in [4.78, 5) is 32.5. The molecule has 1 aliphatic rings. The van der Waals surface area contributed by atoms with Crippen LogP contribution in [-0.4, -0.2) is 23.2 Å². The van der Waals surface area contributed by atoms with Crippen LogP contribution in [0.3, 0.4) is 0 Å². The molecule has 0 unspecified atom stereocenters. The van der Waals surface area contributed by atoms with Crippen LogP contribution in [0.15, 0.2) is 93.9 Å². The summed E-state index contributed by atoms with van der Waals surface area (Å²) in [7, 11) is 0. The molecule has 1 aliphatic heterocycles. The summed E-state index contributed by atoms with van der Waals surface area (Å²) in [6, 6.07) is 21.7. The topological polar surface area (TPSA) is 79.1 Å². The number of esters is 1. The van der Waals surface area contributed by atoms with Gasteiger partial charge in [0.2, 0.25) is 0 Å². The molecule has 3 aromatic carbocycles. The maximum absolute atomic E-state index is 14.0. The Morgan fingerprint density at radius 3 is 2.45 bits per heavy atom. The van der Waals surface area contributed by atoms with Crippen molar-refractivity contribution in [3.8, 4) is 11.5 Å². The summed E-state index contributed by atoms with van der Waals surface area (Å²) < 4.78 is 19.4. The predicted molar refractivity (Wildman–Crippen MR) is 165 cm³/mol. The fourth-order valence-corrected chi connectivity index (χ4v) is 5.87. The second-order valence-corrected chi connectivity index (χ2v) is 11.4. The zero-order valence-electron chi connectivity index (χ0n) is 23.8. The Balaban J connectivity index is 1.58. The van der Waals surface area contributed by atoms with Gasteiger partial charge in [0.25, 0.3) is 5.56 Å². The number of carbonyl (C=O) groups is 1. The number of nitrogens with zero attached hydrogens (tertiary/aromatic N) is 2. The fourth-order valence-electron chi connectivity index (χ4n) is 4.70. The molecule has 0 bridgehead atoms. The van der Waals surface area contributed by atoms with Gasteiger partial charge in [0.15, 0.2) is 4.80 Å². The maximum atomic E-state index is 14.0. The Labute approximate surface area is 253 Å². The van der Waals surface area contributed by atoms with Crippen molar-refractivity contribution in [2.75, 3.05) is 6.61 Å². The van der Waals surface area contributed by atoms with Crippen molar-refractivity contribution in [3.05, 3.63) is 125 Å². The van der Waals surface area contributed by atoms with Crippen LogP contribution in [0.2, 0.25) is 5.02 Å². The Hall–Kier alpha value is -4.14. The first-order chi connectivity index (χ1) is 20.2. The number of allylic oxidation sites excluding steroid dienone is 1. The first-order valence-electron chi connectivity index (χ1n) is 13.7. The molecule has 42 heavy (non-hydrogen) atoms. The molecule has 0 amide bonds. The first-order valence-corrected chi connectivity index (χ1v) is 14.9. The number of carbonyl (C=O) groups excluding carboxylic acids is 1. The van der Waals surface area contributed by atoms with E-state index in [2.05, 4.69) is 4.99 Å². The number of halogens is 1. The van der Waals surface area contributed by atoms with Crippen LogP contribution in [-0.2, 0) is 16.1 Å². The molecule has 0 N–H and O–H groups in total. The molecule has 0 spiro atoms. The highest BCUT2D eigenvalue weighted by Gasteiger charge is 2.33. The van der Waals surface area contributed by atoms with Gasteiger partial charge in [-0.3, -0.25) is 9.36 Å². The number of benzene rings is 3. The lowest BCUT2D eigenvalue weighted by atomic mass is 9.96. The molecule has 0 radical (unpaired) electrons. The van der Waals surface area contributed by atoms with Crippen molar-refractivity contribution < 1.29 is 19.0 Å². The van der Waals surface area contributed by atoms with E-state index in [0.29, 0.717) is 50.3 Å². The third-order valence-corrected chi connectivity index (χ3v) is 7.84. The molecule has 0 aliphatic carbocycles. The predicted octanol–water partition coefficient (Wildman–Crippen LogP) is 5.82. The molecule has 0 saturated heterocycles. The van der Waals surface area contributed by atoms with Gasteiger partial charge in [-0.2, -0.15) is 0 Å². The number of fused-ring (bicyclic) bond motifs is 1. The Bertz CT molecular complexity index is 1800. The highest BCUT2D eigenvalue weighted by atomic mass is 35.5. The van der Waals surface area contributed by atoms with E-state index in [0.717, 1.165) is 16.7 Å². The third kappa shape index (κ3) is 6.35. The van der Waals surface area contributed by atoms with Gasteiger partial charge < -0.3 is 14.2 Å². The van der Waals surface area contributed by atoms with E-state index in [1.54, 1.807) is 25.3 Å². The number of rotatable bonds is 9. The van der Waals surface area contributed by atoms with Gasteiger partial charge >= 0.3 is 5.97 Å². The molecular weight excluding hydrogens is 572 g/mol. The molecule has 1 atom stereocenters. The smallest absolute Gasteiger partial charge is 0.338 e. The minimum atomic E-state index is -0.707. The second-order valence-electron chi connectivity index (χ2n) is 9.99.